The van der Waals surface area contributed by atoms with Crippen LogP contribution in [0.25, 0.3) is 0 Å². The topological polar surface area (TPSA) is 35.5 Å². The number of rotatable bonds is 1. The van der Waals surface area contributed by atoms with E-state index in [-0.39, 0.29) is 23.9 Å². The lowest BCUT2D eigenvalue weighted by Crippen LogP contribution is -2.25. The second-order valence-corrected chi connectivity index (χ2v) is 4.09. The molecule has 3 atom stereocenters. The normalized spacial score (nSPS) is 42.0. The van der Waals surface area contributed by atoms with Gasteiger partial charge in [0.15, 0.2) is 11.6 Å². The van der Waals surface area contributed by atoms with E-state index in [2.05, 4.69) is 6.58 Å². The Bertz CT molecular complexity index is 257. The van der Waals surface area contributed by atoms with Gasteiger partial charge in [0.05, 0.1) is 0 Å². The van der Waals surface area contributed by atoms with E-state index in [1.54, 1.807) is 6.08 Å². The van der Waals surface area contributed by atoms with Crippen LogP contribution in [0.5, 0.6) is 0 Å². The molecule has 0 amide bonds. The van der Waals surface area contributed by atoms with E-state index < -0.39 is 5.79 Å². The van der Waals surface area contributed by atoms with Crippen LogP contribution in [0.2, 0.25) is 0 Å². The van der Waals surface area contributed by atoms with Crippen LogP contribution < -0.4 is 0 Å². The zero-order chi connectivity index (χ0) is 9.64. The van der Waals surface area contributed by atoms with Gasteiger partial charge in [-0.2, -0.15) is 0 Å². The fourth-order valence-electron chi connectivity index (χ4n) is 2.03. The average Bonchev–Trinajstić information content (AvgIpc) is 2.47. The summed E-state index contributed by atoms with van der Waals surface area (Å²) in [5, 5.41) is 0. The van der Waals surface area contributed by atoms with Gasteiger partial charge in [0.2, 0.25) is 0 Å². The third-order valence-electron chi connectivity index (χ3n) is 2.61. The first-order valence-corrected chi connectivity index (χ1v) is 4.54. The van der Waals surface area contributed by atoms with Crippen molar-refractivity contribution >= 4 is 5.78 Å². The van der Waals surface area contributed by atoms with Gasteiger partial charge in [0.25, 0.3) is 0 Å². The summed E-state index contributed by atoms with van der Waals surface area (Å²) in [6.45, 7) is 7.36. The second kappa shape index (κ2) is 2.66. The van der Waals surface area contributed by atoms with Crippen molar-refractivity contribution in [2.45, 2.75) is 38.3 Å². The molecule has 0 spiro atoms. The first kappa shape index (κ1) is 8.91. The van der Waals surface area contributed by atoms with Crippen LogP contribution in [0, 0.1) is 5.92 Å². The van der Waals surface area contributed by atoms with Crippen molar-refractivity contribution in [3.63, 3.8) is 0 Å². The molecule has 1 aliphatic carbocycles. The summed E-state index contributed by atoms with van der Waals surface area (Å²) in [4.78, 5) is 11.5. The van der Waals surface area contributed by atoms with Crippen LogP contribution in [0.1, 0.15) is 20.3 Å². The average molecular weight is 182 g/mol. The molecular weight excluding hydrogens is 168 g/mol. The van der Waals surface area contributed by atoms with Crippen molar-refractivity contribution in [1.29, 1.82) is 0 Å². The van der Waals surface area contributed by atoms with Gasteiger partial charge in [-0.25, -0.2) is 0 Å². The van der Waals surface area contributed by atoms with Gasteiger partial charge >= 0.3 is 0 Å². The summed E-state index contributed by atoms with van der Waals surface area (Å²) in [7, 11) is 0. The van der Waals surface area contributed by atoms with E-state index in [1.165, 1.54) is 0 Å². The summed E-state index contributed by atoms with van der Waals surface area (Å²) in [6, 6.07) is 0. The highest BCUT2D eigenvalue weighted by atomic mass is 16.8. The number of ketones is 1. The van der Waals surface area contributed by atoms with E-state index in [1.807, 2.05) is 13.8 Å². The molecule has 2 rings (SSSR count). The molecule has 1 heterocycles. The summed E-state index contributed by atoms with van der Waals surface area (Å²) < 4.78 is 11.1. The lowest BCUT2D eigenvalue weighted by Gasteiger charge is -2.19. The van der Waals surface area contributed by atoms with Crippen LogP contribution in [-0.4, -0.2) is 23.8 Å². The molecule has 1 saturated carbocycles. The van der Waals surface area contributed by atoms with Crippen molar-refractivity contribution in [2.24, 2.45) is 5.92 Å². The standard InChI is InChI=1S/C10H14O3/c1-4-6-5-7(11)9-8(6)12-10(2,3)13-9/h4,6,8-9H,1,5H2,2-3H3/t6-,8-,9+/m0/s1. The number of hydrogen-bond acceptors (Lipinski definition) is 3. The Morgan fingerprint density at radius 3 is 2.85 bits per heavy atom. The Labute approximate surface area is 77.7 Å². The predicted octanol–water partition coefficient (Wildman–Crippen LogP) is 1.28. The number of fused-ring (bicyclic) bond motifs is 1. The van der Waals surface area contributed by atoms with Gasteiger partial charge in [0.1, 0.15) is 12.2 Å². The molecule has 0 aromatic rings. The molecule has 0 aromatic heterocycles. The highest BCUT2D eigenvalue weighted by molar-refractivity contribution is 5.87. The molecule has 0 bridgehead atoms. The lowest BCUT2D eigenvalue weighted by atomic mass is 10.1. The van der Waals surface area contributed by atoms with Crippen LogP contribution in [0.3, 0.4) is 0 Å². The van der Waals surface area contributed by atoms with Crippen molar-refractivity contribution in [1.82, 2.24) is 0 Å². The minimum atomic E-state index is -0.618. The quantitative estimate of drug-likeness (QED) is 0.573. The largest absolute Gasteiger partial charge is 0.343 e. The van der Waals surface area contributed by atoms with Gasteiger partial charge in [0, 0.05) is 12.3 Å². The first-order valence-electron chi connectivity index (χ1n) is 4.54. The third kappa shape index (κ3) is 1.32. The SMILES string of the molecule is C=C[C@H]1CC(=O)[C@H]2OC(C)(C)O[C@H]21. The van der Waals surface area contributed by atoms with Gasteiger partial charge in [-0.1, -0.05) is 6.08 Å². The molecule has 0 radical (unpaired) electrons. The minimum Gasteiger partial charge on any atom is -0.343 e. The molecule has 3 nitrogen and oxygen atoms in total. The lowest BCUT2D eigenvalue weighted by molar-refractivity contribution is -0.161. The monoisotopic (exact) mass is 182 g/mol. The van der Waals surface area contributed by atoms with Gasteiger partial charge < -0.3 is 9.47 Å². The van der Waals surface area contributed by atoms with E-state index in [4.69, 9.17) is 9.47 Å². The maximum atomic E-state index is 11.5. The van der Waals surface area contributed by atoms with Crippen LogP contribution >= 0.6 is 0 Å². The molecular formula is C10H14O3. The van der Waals surface area contributed by atoms with E-state index >= 15 is 0 Å². The molecule has 1 saturated heterocycles. The van der Waals surface area contributed by atoms with E-state index in [0.29, 0.717) is 6.42 Å². The van der Waals surface area contributed by atoms with E-state index in [0.717, 1.165) is 0 Å². The zero-order valence-corrected chi connectivity index (χ0v) is 7.95. The molecule has 3 heteroatoms. The third-order valence-corrected chi connectivity index (χ3v) is 2.61. The molecule has 2 aliphatic rings. The predicted molar refractivity (Wildman–Crippen MR) is 47.1 cm³/mol. The second-order valence-electron chi connectivity index (χ2n) is 4.09. The summed E-state index contributed by atoms with van der Waals surface area (Å²) >= 11 is 0. The van der Waals surface area contributed by atoms with Crippen LogP contribution in [-0.2, 0) is 14.3 Å². The Kier molecular flexibility index (Phi) is 1.82. The minimum absolute atomic E-state index is 0.111. The van der Waals surface area contributed by atoms with Crippen molar-refractivity contribution in [3.05, 3.63) is 12.7 Å². The highest BCUT2D eigenvalue weighted by Crippen LogP contribution is 2.39. The Morgan fingerprint density at radius 1 is 1.54 bits per heavy atom. The number of Topliss-reactive ketones (excluding diaryl/α,β-unsaturated/α-hetero) is 1. The molecule has 1 aliphatic heterocycles. The molecule has 72 valence electrons. The number of carbonyl (C=O) groups is 1. The zero-order valence-electron chi connectivity index (χ0n) is 7.95. The Balaban J connectivity index is 2.22. The van der Waals surface area contributed by atoms with Crippen LogP contribution in [0.15, 0.2) is 12.7 Å². The van der Waals surface area contributed by atoms with E-state index in [9.17, 15) is 4.79 Å². The number of carbonyl (C=O) groups excluding carboxylic acids is 1. The molecule has 13 heavy (non-hydrogen) atoms. The summed E-state index contributed by atoms with van der Waals surface area (Å²) in [5.74, 6) is -0.355. The van der Waals surface area contributed by atoms with Crippen molar-refractivity contribution < 1.29 is 14.3 Å². The highest BCUT2D eigenvalue weighted by Gasteiger charge is 2.52. The van der Waals surface area contributed by atoms with Crippen molar-refractivity contribution in [3.8, 4) is 0 Å². The summed E-state index contributed by atoms with van der Waals surface area (Å²) in [6.07, 6.45) is 1.82. The molecule has 2 fully saturated rings. The van der Waals surface area contributed by atoms with Gasteiger partial charge in [-0.05, 0) is 13.8 Å². The van der Waals surface area contributed by atoms with Gasteiger partial charge in [-0.15, -0.1) is 6.58 Å². The fourth-order valence-corrected chi connectivity index (χ4v) is 2.03. The maximum absolute atomic E-state index is 11.5. The number of hydrogen-bond donors (Lipinski definition) is 0. The smallest absolute Gasteiger partial charge is 0.165 e. The first-order chi connectivity index (χ1) is 6.03. The molecule has 0 aromatic carbocycles. The Hall–Kier alpha value is -0.670. The maximum Gasteiger partial charge on any atom is 0.165 e. The Morgan fingerprint density at radius 2 is 2.23 bits per heavy atom. The number of ether oxygens (including phenoxy) is 2. The molecule has 0 N–H and O–H groups in total. The summed E-state index contributed by atoms with van der Waals surface area (Å²) in [5.41, 5.74) is 0. The van der Waals surface area contributed by atoms with Crippen molar-refractivity contribution in [2.75, 3.05) is 0 Å². The van der Waals surface area contributed by atoms with Gasteiger partial charge in [-0.3, -0.25) is 4.79 Å². The van der Waals surface area contributed by atoms with Crippen LogP contribution in [0.4, 0.5) is 0 Å². The fraction of sp³-hybridized carbons (Fsp3) is 0.700. The molecule has 0 unspecified atom stereocenters.